The largest absolute Gasteiger partial charge is 0.383 e. The van der Waals surface area contributed by atoms with E-state index >= 15 is 0 Å². The van der Waals surface area contributed by atoms with Crippen molar-refractivity contribution in [3.05, 3.63) is 11.3 Å². The van der Waals surface area contributed by atoms with Gasteiger partial charge in [0, 0.05) is 24.3 Å². The fraction of sp³-hybridized carbons (Fsp3) is 0.667. The number of anilines is 2. The molecule has 0 radical (unpaired) electrons. The van der Waals surface area contributed by atoms with Crippen molar-refractivity contribution in [1.82, 2.24) is 9.97 Å². The number of aryl methyl sites for hydroxylation is 1. The Hall–Kier alpha value is -1.32. The molecular formula is C12H20N4. The van der Waals surface area contributed by atoms with E-state index in [0.29, 0.717) is 5.82 Å². The number of hydrogen-bond acceptors (Lipinski definition) is 4. The molecule has 0 aliphatic carbocycles. The zero-order valence-electron chi connectivity index (χ0n) is 10.2. The summed E-state index contributed by atoms with van der Waals surface area (Å²) < 4.78 is 0. The van der Waals surface area contributed by atoms with Crippen LogP contribution in [0.1, 0.15) is 36.9 Å². The molecule has 1 aliphatic heterocycles. The lowest BCUT2D eigenvalue weighted by Gasteiger charge is -2.21. The van der Waals surface area contributed by atoms with E-state index < -0.39 is 0 Å². The van der Waals surface area contributed by atoms with E-state index in [9.17, 15) is 0 Å². The van der Waals surface area contributed by atoms with E-state index in [1.54, 1.807) is 0 Å². The van der Waals surface area contributed by atoms with Crippen LogP contribution in [0, 0.1) is 13.8 Å². The molecule has 1 aliphatic rings. The molecule has 2 rings (SSSR count). The molecule has 0 bridgehead atoms. The molecule has 0 aromatic carbocycles. The Morgan fingerprint density at radius 1 is 1.00 bits per heavy atom. The number of nitrogens with zero attached hydrogens (tertiary/aromatic N) is 3. The fourth-order valence-corrected chi connectivity index (χ4v) is 2.05. The average molecular weight is 220 g/mol. The van der Waals surface area contributed by atoms with Crippen LogP contribution in [0.3, 0.4) is 0 Å². The van der Waals surface area contributed by atoms with Gasteiger partial charge < -0.3 is 10.6 Å². The number of nitrogens with two attached hydrogens (primary N) is 1. The van der Waals surface area contributed by atoms with Gasteiger partial charge in [0.2, 0.25) is 5.95 Å². The van der Waals surface area contributed by atoms with E-state index in [4.69, 9.17) is 5.73 Å². The summed E-state index contributed by atoms with van der Waals surface area (Å²) >= 11 is 0. The molecule has 4 heteroatoms. The van der Waals surface area contributed by atoms with Gasteiger partial charge in [-0.15, -0.1) is 0 Å². The molecular weight excluding hydrogens is 200 g/mol. The summed E-state index contributed by atoms with van der Waals surface area (Å²) in [6.07, 6.45) is 5.10. The normalized spacial score (nSPS) is 17.2. The predicted octanol–water partition coefficient (Wildman–Crippen LogP) is 2.06. The smallest absolute Gasteiger partial charge is 0.227 e. The van der Waals surface area contributed by atoms with E-state index in [2.05, 4.69) is 14.9 Å². The molecule has 0 saturated carbocycles. The SMILES string of the molecule is Cc1nc(N2CCCCCC2)nc(N)c1C. The Morgan fingerprint density at radius 2 is 1.62 bits per heavy atom. The van der Waals surface area contributed by atoms with E-state index in [-0.39, 0.29) is 0 Å². The maximum Gasteiger partial charge on any atom is 0.227 e. The second-order valence-electron chi connectivity index (χ2n) is 4.52. The molecule has 1 aromatic heterocycles. The highest BCUT2D eigenvalue weighted by molar-refractivity contribution is 5.47. The highest BCUT2D eigenvalue weighted by Gasteiger charge is 2.14. The molecule has 2 heterocycles. The Kier molecular flexibility index (Phi) is 3.27. The molecule has 0 amide bonds. The van der Waals surface area contributed by atoms with Crippen LogP contribution in [0.2, 0.25) is 0 Å². The number of nitrogen functional groups attached to an aromatic ring is 1. The third-order valence-corrected chi connectivity index (χ3v) is 3.30. The molecule has 0 spiro atoms. The van der Waals surface area contributed by atoms with Crippen molar-refractivity contribution >= 4 is 11.8 Å². The fourth-order valence-electron chi connectivity index (χ4n) is 2.05. The first-order valence-electron chi connectivity index (χ1n) is 6.04. The van der Waals surface area contributed by atoms with E-state index in [0.717, 1.165) is 30.3 Å². The molecule has 1 aromatic rings. The van der Waals surface area contributed by atoms with E-state index in [1.165, 1.54) is 25.7 Å². The Labute approximate surface area is 96.9 Å². The van der Waals surface area contributed by atoms with Crippen molar-refractivity contribution in [3.63, 3.8) is 0 Å². The van der Waals surface area contributed by atoms with Crippen molar-refractivity contribution in [3.8, 4) is 0 Å². The molecule has 1 saturated heterocycles. The van der Waals surface area contributed by atoms with Gasteiger partial charge >= 0.3 is 0 Å². The summed E-state index contributed by atoms with van der Waals surface area (Å²) in [7, 11) is 0. The third kappa shape index (κ3) is 2.26. The third-order valence-electron chi connectivity index (χ3n) is 3.30. The molecule has 88 valence electrons. The lowest BCUT2D eigenvalue weighted by Crippen LogP contribution is -2.26. The lowest BCUT2D eigenvalue weighted by molar-refractivity contribution is 0.726. The Morgan fingerprint density at radius 3 is 2.19 bits per heavy atom. The monoisotopic (exact) mass is 220 g/mol. The summed E-state index contributed by atoms with van der Waals surface area (Å²) in [4.78, 5) is 11.2. The maximum atomic E-state index is 5.89. The average Bonchev–Trinajstić information content (AvgIpc) is 2.53. The quantitative estimate of drug-likeness (QED) is 0.787. The van der Waals surface area contributed by atoms with Crippen LogP contribution in [0.25, 0.3) is 0 Å². The molecule has 4 nitrogen and oxygen atoms in total. The predicted molar refractivity (Wildman–Crippen MR) is 66.6 cm³/mol. The van der Waals surface area contributed by atoms with Gasteiger partial charge in [-0.1, -0.05) is 12.8 Å². The number of rotatable bonds is 1. The van der Waals surface area contributed by atoms with Gasteiger partial charge in [-0.3, -0.25) is 0 Å². The molecule has 16 heavy (non-hydrogen) atoms. The van der Waals surface area contributed by atoms with Crippen LogP contribution in [-0.4, -0.2) is 23.1 Å². The standard InChI is InChI=1S/C12H20N4/c1-9-10(2)14-12(15-11(9)13)16-7-5-3-4-6-8-16/h3-8H2,1-2H3,(H2,13,14,15). The maximum absolute atomic E-state index is 5.89. The van der Waals surface area contributed by atoms with Gasteiger partial charge in [-0.2, -0.15) is 4.98 Å². The van der Waals surface area contributed by atoms with Gasteiger partial charge in [0.25, 0.3) is 0 Å². The highest BCUT2D eigenvalue weighted by Crippen LogP contribution is 2.19. The second-order valence-corrected chi connectivity index (χ2v) is 4.52. The Balaban J connectivity index is 2.25. The summed E-state index contributed by atoms with van der Waals surface area (Å²) in [5.41, 5.74) is 7.88. The molecule has 1 fully saturated rings. The summed E-state index contributed by atoms with van der Waals surface area (Å²) in [5, 5.41) is 0. The first kappa shape index (κ1) is 11.2. The van der Waals surface area contributed by atoms with Gasteiger partial charge in [0.15, 0.2) is 0 Å². The van der Waals surface area contributed by atoms with Gasteiger partial charge in [0.1, 0.15) is 5.82 Å². The van der Waals surface area contributed by atoms with Crippen molar-refractivity contribution in [1.29, 1.82) is 0 Å². The van der Waals surface area contributed by atoms with Crippen molar-refractivity contribution in [2.45, 2.75) is 39.5 Å². The zero-order valence-corrected chi connectivity index (χ0v) is 10.2. The minimum absolute atomic E-state index is 0.617. The Bertz CT molecular complexity index is 344. The first-order chi connectivity index (χ1) is 7.68. The van der Waals surface area contributed by atoms with Gasteiger partial charge in [0.05, 0.1) is 0 Å². The van der Waals surface area contributed by atoms with Crippen molar-refractivity contribution in [2.24, 2.45) is 0 Å². The molecule has 0 atom stereocenters. The minimum atomic E-state index is 0.617. The van der Waals surface area contributed by atoms with Crippen LogP contribution in [0.4, 0.5) is 11.8 Å². The highest BCUT2D eigenvalue weighted by atomic mass is 15.3. The molecule has 2 N–H and O–H groups in total. The van der Waals surface area contributed by atoms with Crippen LogP contribution in [0.15, 0.2) is 0 Å². The summed E-state index contributed by atoms with van der Waals surface area (Å²) in [6, 6.07) is 0. The van der Waals surface area contributed by atoms with E-state index in [1.807, 2.05) is 13.8 Å². The van der Waals surface area contributed by atoms with Crippen molar-refractivity contribution < 1.29 is 0 Å². The van der Waals surface area contributed by atoms with Crippen LogP contribution < -0.4 is 10.6 Å². The van der Waals surface area contributed by atoms with Crippen LogP contribution in [0.5, 0.6) is 0 Å². The number of aromatic nitrogens is 2. The van der Waals surface area contributed by atoms with Crippen molar-refractivity contribution in [2.75, 3.05) is 23.7 Å². The van der Waals surface area contributed by atoms with Crippen LogP contribution >= 0.6 is 0 Å². The van der Waals surface area contributed by atoms with Gasteiger partial charge in [-0.25, -0.2) is 4.98 Å². The minimum Gasteiger partial charge on any atom is -0.383 e. The van der Waals surface area contributed by atoms with Crippen LogP contribution in [-0.2, 0) is 0 Å². The zero-order chi connectivity index (χ0) is 11.5. The topological polar surface area (TPSA) is 55.0 Å². The second kappa shape index (κ2) is 4.68. The molecule has 0 unspecified atom stereocenters. The van der Waals surface area contributed by atoms with Gasteiger partial charge in [-0.05, 0) is 26.7 Å². The summed E-state index contributed by atoms with van der Waals surface area (Å²) in [6.45, 7) is 6.08. The summed E-state index contributed by atoms with van der Waals surface area (Å²) in [5.74, 6) is 1.43. The lowest BCUT2D eigenvalue weighted by atomic mass is 10.2. The number of hydrogen-bond donors (Lipinski definition) is 1. The first-order valence-corrected chi connectivity index (χ1v) is 6.04.